The summed E-state index contributed by atoms with van der Waals surface area (Å²) >= 11 is 1.53. The zero-order chi connectivity index (χ0) is 11.8. The molecule has 0 aliphatic rings. The molecule has 1 aromatic carbocycles. The first-order valence-electron chi connectivity index (χ1n) is 5.18. The van der Waals surface area contributed by atoms with Gasteiger partial charge in [0.15, 0.2) is 5.82 Å². The van der Waals surface area contributed by atoms with E-state index in [0.29, 0.717) is 0 Å². The highest BCUT2D eigenvalue weighted by atomic mass is 32.1. The van der Waals surface area contributed by atoms with Crippen LogP contribution in [0.3, 0.4) is 0 Å². The molecule has 0 radical (unpaired) electrons. The highest BCUT2D eigenvalue weighted by Crippen LogP contribution is 2.18. The minimum atomic E-state index is 0.280. The number of hydrogen-bond acceptors (Lipinski definition) is 5. The number of nitrogens with zero attached hydrogens (tertiary/aromatic N) is 4. The van der Waals surface area contributed by atoms with Crippen LogP contribution >= 0.6 is 11.3 Å². The van der Waals surface area contributed by atoms with Crippen molar-refractivity contribution in [3.05, 3.63) is 40.7 Å². The molecule has 0 spiro atoms. The Kier molecular flexibility index (Phi) is 2.29. The van der Waals surface area contributed by atoms with Crippen molar-refractivity contribution in [3.8, 4) is 5.75 Å². The SMILES string of the molecule is Cc1nnc2sc(Cc3ccc(O)cc3)nn12. The molecule has 0 saturated carbocycles. The first kappa shape index (κ1) is 10.2. The summed E-state index contributed by atoms with van der Waals surface area (Å²) in [5.74, 6) is 1.08. The number of fused-ring (bicyclic) bond motifs is 1. The Balaban J connectivity index is 1.91. The average Bonchev–Trinajstić information content (AvgIpc) is 2.85. The predicted octanol–water partition coefficient (Wildman–Crippen LogP) is 1.79. The van der Waals surface area contributed by atoms with E-state index in [0.717, 1.165) is 27.8 Å². The third kappa shape index (κ3) is 1.87. The van der Waals surface area contributed by atoms with E-state index in [1.165, 1.54) is 11.3 Å². The Hall–Kier alpha value is -1.95. The third-order valence-corrected chi connectivity index (χ3v) is 3.38. The van der Waals surface area contributed by atoms with E-state index in [1.807, 2.05) is 19.1 Å². The molecule has 3 aromatic rings. The fourth-order valence-corrected chi connectivity index (χ4v) is 2.53. The molecule has 5 nitrogen and oxygen atoms in total. The molecular weight excluding hydrogens is 236 g/mol. The summed E-state index contributed by atoms with van der Waals surface area (Å²) in [6.07, 6.45) is 0.744. The van der Waals surface area contributed by atoms with E-state index < -0.39 is 0 Å². The van der Waals surface area contributed by atoms with E-state index in [9.17, 15) is 5.11 Å². The van der Waals surface area contributed by atoms with Gasteiger partial charge in [0.25, 0.3) is 0 Å². The van der Waals surface area contributed by atoms with Crippen LogP contribution in [-0.2, 0) is 6.42 Å². The molecule has 2 heterocycles. The maximum absolute atomic E-state index is 9.21. The van der Waals surface area contributed by atoms with E-state index in [1.54, 1.807) is 16.6 Å². The summed E-state index contributed by atoms with van der Waals surface area (Å²) in [5, 5.41) is 22.6. The third-order valence-electron chi connectivity index (χ3n) is 2.48. The van der Waals surface area contributed by atoms with Gasteiger partial charge in [0, 0.05) is 6.42 Å². The van der Waals surface area contributed by atoms with E-state index in [4.69, 9.17) is 0 Å². The predicted molar refractivity (Wildman–Crippen MR) is 64.3 cm³/mol. The van der Waals surface area contributed by atoms with Crippen LogP contribution < -0.4 is 0 Å². The molecule has 1 N–H and O–H groups in total. The molecule has 2 aromatic heterocycles. The number of hydrogen-bond donors (Lipinski definition) is 1. The first-order valence-corrected chi connectivity index (χ1v) is 5.99. The number of aromatic nitrogens is 4. The van der Waals surface area contributed by atoms with Crippen LogP contribution in [0.1, 0.15) is 16.4 Å². The fourth-order valence-electron chi connectivity index (χ4n) is 1.61. The molecule has 0 amide bonds. The van der Waals surface area contributed by atoms with Crippen molar-refractivity contribution < 1.29 is 5.11 Å². The van der Waals surface area contributed by atoms with Crippen molar-refractivity contribution in [1.29, 1.82) is 0 Å². The van der Waals surface area contributed by atoms with Gasteiger partial charge in [-0.15, -0.1) is 10.2 Å². The number of aryl methyl sites for hydroxylation is 1. The summed E-state index contributed by atoms with van der Waals surface area (Å²) in [5.41, 5.74) is 1.12. The molecule has 0 atom stereocenters. The lowest BCUT2D eigenvalue weighted by atomic mass is 10.1. The number of phenols is 1. The molecule has 3 rings (SSSR count). The van der Waals surface area contributed by atoms with Gasteiger partial charge >= 0.3 is 0 Å². The minimum Gasteiger partial charge on any atom is -0.508 e. The van der Waals surface area contributed by atoms with E-state index >= 15 is 0 Å². The Morgan fingerprint density at radius 1 is 1.24 bits per heavy atom. The van der Waals surface area contributed by atoms with Gasteiger partial charge < -0.3 is 5.11 Å². The maximum Gasteiger partial charge on any atom is 0.234 e. The van der Waals surface area contributed by atoms with Gasteiger partial charge in [-0.2, -0.15) is 9.61 Å². The average molecular weight is 246 g/mol. The maximum atomic E-state index is 9.21. The van der Waals surface area contributed by atoms with Gasteiger partial charge in [0.05, 0.1) is 0 Å². The lowest BCUT2D eigenvalue weighted by molar-refractivity contribution is 0.475. The fraction of sp³-hybridized carbons (Fsp3) is 0.182. The van der Waals surface area contributed by atoms with Crippen LogP contribution in [-0.4, -0.2) is 24.9 Å². The summed E-state index contributed by atoms with van der Waals surface area (Å²) in [7, 11) is 0. The van der Waals surface area contributed by atoms with Crippen LogP contribution in [0, 0.1) is 6.92 Å². The van der Waals surface area contributed by atoms with Crippen molar-refractivity contribution in [2.24, 2.45) is 0 Å². The van der Waals surface area contributed by atoms with Gasteiger partial charge in [-0.3, -0.25) is 0 Å². The number of aromatic hydroxyl groups is 1. The zero-order valence-corrected chi connectivity index (χ0v) is 9.98. The van der Waals surface area contributed by atoms with Gasteiger partial charge in [-0.1, -0.05) is 23.5 Å². The van der Waals surface area contributed by atoms with Crippen LogP contribution in [0.25, 0.3) is 4.96 Å². The van der Waals surface area contributed by atoms with Crippen molar-refractivity contribution in [1.82, 2.24) is 19.8 Å². The van der Waals surface area contributed by atoms with Crippen molar-refractivity contribution in [2.45, 2.75) is 13.3 Å². The molecule has 0 saturated heterocycles. The van der Waals surface area contributed by atoms with E-state index in [-0.39, 0.29) is 5.75 Å². The Morgan fingerprint density at radius 2 is 2.00 bits per heavy atom. The topological polar surface area (TPSA) is 63.3 Å². The van der Waals surface area contributed by atoms with Crippen LogP contribution in [0.5, 0.6) is 5.75 Å². The lowest BCUT2D eigenvalue weighted by Crippen LogP contribution is -1.92. The second-order valence-corrected chi connectivity index (χ2v) is 4.82. The van der Waals surface area contributed by atoms with Gasteiger partial charge in [-0.25, -0.2) is 0 Å². The monoisotopic (exact) mass is 246 g/mol. The molecule has 0 fully saturated rings. The van der Waals surface area contributed by atoms with Crippen molar-refractivity contribution in [2.75, 3.05) is 0 Å². The normalized spacial score (nSPS) is 11.1. The summed E-state index contributed by atoms with van der Waals surface area (Å²) in [6, 6.07) is 7.15. The van der Waals surface area contributed by atoms with Crippen LogP contribution in [0.4, 0.5) is 0 Å². The van der Waals surface area contributed by atoms with Gasteiger partial charge in [-0.05, 0) is 24.6 Å². The van der Waals surface area contributed by atoms with Crippen LogP contribution in [0.2, 0.25) is 0 Å². The zero-order valence-electron chi connectivity index (χ0n) is 9.16. The number of phenolic OH excluding ortho intramolecular Hbond substituents is 1. The lowest BCUT2D eigenvalue weighted by Gasteiger charge is -1.97. The van der Waals surface area contributed by atoms with E-state index in [2.05, 4.69) is 15.3 Å². The largest absolute Gasteiger partial charge is 0.508 e. The molecule has 17 heavy (non-hydrogen) atoms. The number of rotatable bonds is 2. The highest BCUT2D eigenvalue weighted by Gasteiger charge is 2.08. The van der Waals surface area contributed by atoms with Gasteiger partial charge in [0.1, 0.15) is 10.8 Å². The minimum absolute atomic E-state index is 0.280. The van der Waals surface area contributed by atoms with Crippen molar-refractivity contribution >= 4 is 16.3 Å². The Bertz CT molecular complexity index is 656. The van der Waals surface area contributed by atoms with Crippen LogP contribution in [0.15, 0.2) is 24.3 Å². The molecule has 0 aliphatic heterocycles. The molecule has 0 aliphatic carbocycles. The second kappa shape index (κ2) is 3.81. The molecule has 6 heteroatoms. The summed E-state index contributed by atoms with van der Waals surface area (Å²) in [4.78, 5) is 0.816. The quantitative estimate of drug-likeness (QED) is 0.748. The first-order chi connectivity index (χ1) is 8.22. The number of benzene rings is 1. The van der Waals surface area contributed by atoms with Gasteiger partial charge in [0.2, 0.25) is 4.96 Å². The summed E-state index contributed by atoms with van der Waals surface area (Å²) < 4.78 is 1.75. The summed E-state index contributed by atoms with van der Waals surface area (Å²) in [6.45, 7) is 1.88. The second-order valence-electron chi connectivity index (χ2n) is 3.78. The molecular formula is C11H10N4OS. The van der Waals surface area contributed by atoms with Crippen molar-refractivity contribution in [3.63, 3.8) is 0 Å². The molecule has 0 unspecified atom stereocenters. The molecule has 0 bridgehead atoms. The smallest absolute Gasteiger partial charge is 0.234 e. The Morgan fingerprint density at radius 3 is 2.71 bits per heavy atom. The highest BCUT2D eigenvalue weighted by molar-refractivity contribution is 7.16. The molecule has 86 valence electrons. The Labute approximate surface area is 101 Å². The standard InChI is InChI=1S/C11H10N4OS/c1-7-12-13-11-15(7)14-10(17-11)6-8-2-4-9(16)5-3-8/h2-5,16H,6H2,1H3.